The Bertz CT molecular complexity index is 861. The Morgan fingerprint density at radius 3 is 2.50 bits per heavy atom. The molecule has 0 spiro atoms. The van der Waals surface area contributed by atoms with Crippen LogP contribution in [0.5, 0.6) is 0 Å². The molecule has 174 valence electrons. The second-order valence-electron chi connectivity index (χ2n) is 9.51. The quantitative estimate of drug-likeness (QED) is 0.620. The smallest absolute Gasteiger partial charge is 0.246 e. The summed E-state index contributed by atoms with van der Waals surface area (Å²) in [6, 6.07) is 6.67. The number of primary amides is 1. The van der Waals surface area contributed by atoms with Crippen molar-refractivity contribution in [2.24, 2.45) is 11.7 Å². The molecule has 2 saturated heterocycles. The number of nitrogens with two attached hydrogens (primary N) is 1. The minimum absolute atomic E-state index is 0.0906. The molecule has 3 aliphatic rings. The highest BCUT2D eigenvalue weighted by Crippen LogP contribution is 2.38. The topological polar surface area (TPSA) is 95.7 Å². The highest BCUT2D eigenvalue weighted by Gasteiger charge is 2.44. The molecule has 0 radical (unpaired) electrons. The normalized spacial score (nSPS) is 28.9. The van der Waals surface area contributed by atoms with Gasteiger partial charge >= 0.3 is 0 Å². The van der Waals surface area contributed by atoms with Gasteiger partial charge in [0.1, 0.15) is 12.1 Å². The summed E-state index contributed by atoms with van der Waals surface area (Å²) in [6.07, 6.45) is 7.31. The number of carbonyl (C=O) groups excluding carboxylic acids is 3. The maximum absolute atomic E-state index is 13.5. The predicted octanol–water partition coefficient (Wildman–Crippen LogP) is 2.22. The number of hydrogen-bond acceptors (Lipinski definition) is 4. The van der Waals surface area contributed by atoms with Gasteiger partial charge in [-0.05, 0) is 62.8 Å². The average Bonchev–Trinajstić information content (AvgIpc) is 3.40. The van der Waals surface area contributed by atoms with Crippen LogP contribution in [0.25, 0.3) is 0 Å². The van der Waals surface area contributed by atoms with Crippen molar-refractivity contribution < 1.29 is 14.4 Å². The zero-order chi connectivity index (χ0) is 22.8. The Balaban J connectivity index is 1.52. The average molecular weight is 505 g/mol. The number of nitrogens with one attached hydrogen (secondary N) is 1. The third kappa shape index (κ3) is 4.86. The predicted molar refractivity (Wildman–Crippen MR) is 126 cm³/mol. The Morgan fingerprint density at radius 2 is 1.81 bits per heavy atom. The van der Waals surface area contributed by atoms with Crippen molar-refractivity contribution in [3.63, 3.8) is 0 Å². The molecule has 0 aromatic heterocycles. The fourth-order valence-electron chi connectivity index (χ4n) is 5.83. The van der Waals surface area contributed by atoms with Gasteiger partial charge in [0.15, 0.2) is 0 Å². The third-order valence-electron chi connectivity index (χ3n) is 7.54. The molecule has 1 aliphatic carbocycles. The lowest BCUT2D eigenvalue weighted by Crippen LogP contribution is -2.56. The molecular formula is C24H33BrN4O3. The molecule has 4 rings (SSSR count). The molecule has 7 nitrogen and oxygen atoms in total. The molecule has 3 fully saturated rings. The summed E-state index contributed by atoms with van der Waals surface area (Å²) >= 11 is 3.44. The third-order valence-corrected chi connectivity index (χ3v) is 8.07. The molecule has 2 heterocycles. The molecule has 1 unspecified atom stereocenters. The van der Waals surface area contributed by atoms with Gasteiger partial charge in [0, 0.05) is 23.5 Å². The molecule has 5 atom stereocenters. The van der Waals surface area contributed by atoms with Crippen LogP contribution in [0.3, 0.4) is 0 Å². The van der Waals surface area contributed by atoms with Crippen molar-refractivity contribution in [1.29, 1.82) is 0 Å². The van der Waals surface area contributed by atoms with Gasteiger partial charge in [-0.3, -0.25) is 19.3 Å². The zero-order valence-corrected chi connectivity index (χ0v) is 20.2. The Hall–Kier alpha value is -1.93. The Morgan fingerprint density at radius 1 is 1.09 bits per heavy atom. The van der Waals surface area contributed by atoms with Crippen molar-refractivity contribution >= 4 is 33.7 Å². The second-order valence-corrected chi connectivity index (χ2v) is 10.4. The van der Waals surface area contributed by atoms with E-state index in [1.54, 1.807) is 4.90 Å². The summed E-state index contributed by atoms with van der Waals surface area (Å²) in [5.74, 6) is -0.236. The van der Waals surface area contributed by atoms with Crippen LogP contribution in [0.1, 0.15) is 50.5 Å². The first kappa shape index (κ1) is 23.2. The van der Waals surface area contributed by atoms with Crippen molar-refractivity contribution in [3.05, 3.63) is 34.3 Å². The van der Waals surface area contributed by atoms with Crippen LogP contribution >= 0.6 is 15.9 Å². The van der Waals surface area contributed by atoms with Crippen LogP contribution in [0.15, 0.2) is 28.7 Å². The van der Waals surface area contributed by atoms with Crippen molar-refractivity contribution in [2.75, 3.05) is 13.6 Å². The van der Waals surface area contributed by atoms with Crippen molar-refractivity contribution in [2.45, 2.75) is 75.5 Å². The fraction of sp³-hybridized carbons (Fsp3) is 0.625. The molecule has 3 amide bonds. The molecule has 3 N–H and O–H groups in total. The van der Waals surface area contributed by atoms with E-state index in [2.05, 4.69) is 26.1 Å². The van der Waals surface area contributed by atoms with Crippen LogP contribution in [-0.4, -0.2) is 65.3 Å². The molecule has 1 aromatic rings. The van der Waals surface area contributed by atoms with Gasteiger partial charge in [0.05, 0.1) is 6.04 Å². The van der Waals surface area contributed by atoms with E-state index in [4.69, 9.17) is 5.73 Å². The molecular weight excluding hydrogens is 472 g/mol. The van der Waals surface area contributed by atoms with E-state index in [0.717, 1.165) is 29.3 Å². The number of likely N-dealkylation sites (N-methyl/N-ethyl adjacent to an activating group) is 1. The van der Waals surface area contributed by atoms with Gasteiger partial charge in [0.2, 0.25) is 17.7 Å². The number of hydrogen-bond donors (Lipinski definition) is 2. The second kappa shape index (κ2) is 9.91. The van der Waals surface area contributed by atoms with Crippen LogP contribution in [-0.2, 0) is 20.8 Å². The number of halogens is 1. The molecule has 2 aliphatic heterocycles. The standard InChI is InChI=1S/C24H33BrN4O3/c1-28-19-6-3-2-5-16(19)14-21(28)23(31)27-18(13-15-8-10-17(25)11-9-15)24(32)29-12-4-7-20(29)22(26)30/h8-11,16,18-21H,2-7,12-14H2,1H3,(H2,26,30)(H,27,31)/t16-,18?,19-,20-,21-/m0/s1. The van der Waals surface area contributed by atoms with Crippen LogP contribution in [0.4, 0.5) is 0 Å². The van der Waals surface area contributed by atoms with Crippen LogP contribution in [0, 0.1) is 5.92 Å². The monoisotopic (exact) mass is 504 g/mol. The first-order valence-corrected chi connectivity index (χ1v) is 12.5. The first-order valence-electron chi connectivity index (χ1n) is 11.7. The maximum atomic E-state index is 13.5. The zero-order valence-electron chi connectivity index (χ0n) is 18.6. The van der Waals surface area contributed by atoms with E-state index in [9.17, 15) is 14.4 Å². The van der Waals surface area contributed by atoms with Crippen LogP contribution < -0.4 is 11.1 Å². The lowest BCUT2D eigenvalue weighted by Gasteiger charge is -2.31. The van der Waals surface area contributed by atoms with Gasteiger partial charge in [-0.2, -0.15) is 0 Å². The fourth-order valence-corrected chi connectivity index (χ4v) is 6.09. The lowest BCUT2D eigenvalue weighted by atomic mass is 9.85. The van der Waals surface area contributed by atoms with Crippen molar-refractivity contribution in [3.8, 4) is 0 Å². The minimum atomic E-state index is -0.723. The number of likely N-dealkylation sites (tertiary alicyclic amines) is 2. The molecule has 8 heteroatoms. The summed E-state index contributed by atoms with van der Waals surface area (Å²) < 4.78 is 0.955. The maximum Gasteiger partial charge on any atom is 0.246 e. The highest BCUT2D eigenvalue weighted by molar-refractivity contribution is 9.10. The summed E-state index contributed by atoms with van der Waals surface area (Å²) in [5, 5.41) is 3.06. The number of rotatable bonds is 6. The number of benzene rings is 1. The largest absolute Gasteiger partial charge is 0.368 e. The SMILES string of the molecule is CN1[C@H](C(=O)NC(Cc2ccc(Br)cc2)C(=O)N2CCC[C@H]2C(N)=O)C[C@@H]2CCCC[C@@H]21. The van der Waals surface area contributed by atoms with Gasteiger partial charge in [-0.15, -0.1) is 0 Å². The molecule has 1 saturated carbocycles. The van der Waals surface area contributed by atoms with Gasteiger partial charge in [-0.25, -0.2) is 0 Å². The number of nitrogens with zero attached hydrogens (tertiary/aromatic N) is 2. The van der Waals surface area contributed by atoms with E-state index >= 15 is 0 Å². The number of fused-ring (bicyclic) bond motifs is 1. The summed E-state index contributed by atoms with van der Waals surface area (Å²) in [7, 11) is 2.04. The first-order chi connectivity index (χ1) is 15.3. The van der Waals surface area contributed by atoms with E-state index in [0.29, 0.717) is 31.3 Å². The van der Waals surface area contributed by atoms with E-state index < -0.39 is 18.0 Å². The number of carbonyl (C=O) groups is 3. The summed E-state index contributed by atoms with van der Waals surface area (Å²) in [6.45, 7) is 0.493. The molecule has 0 bridgehead atoms. The Kier molecular flexibility index (Phi) is 7.20. The van der Waals surface area contributed by atoms with E-state index in [1.807, 2.05) is 31.3 Å². The Labute approximate surface area is 198 Å². The summed E-state index contributed by atoms with van der Waals surface area (Å²) in [5.41, 5.74) is 6.50. The highest BCUT2D eigenvalue weighted by atomic mass is 79.9. The molecule has 32 heavy (non-hydrogen) atoms. The number of amides is 3. The van der Waals surface area contributed by atoms with E-state index in [-0.39, 0.29) is 17.9 Å². The molecule has 1 aromatic carbocycles. The van der Waals surface area contributed by atoms with Gasteiger partial charge in [-0.1, -0.05) is 40.9 Å². The minimum Gasteiger partial charge on any atom is -0.368 e. The van der Waals surface area contributed by atoms with E-state index in [1.165, 1.54) is 19.3 Å². The van der Waals surface area contributed by atoms with Crippen molar-refractivity contribution in [1.82, 2.24) is 15.1 Å². The van der Waals surface area contributed by atoms with Crippen LogP contribution in [0.2, 0.25) is 0 Å². The van der Waals surface area contributed by atoms with Gasteiger partial charge < -0.3 is 16.0 Å². The summed E-state index contributed by atoms with van der Waals surface area (Å²) in [4.78, 5) is 42.5. The lowest BCUT2D eigenvalue weighted by molar-refractivity contribution is -0.141. The van der Waals surface area contributed by atoms with Gasteiger partial charge in [0.25, 0.3) is 0 Å².